The molecule has 0 radical (unpaired) electrons. The molecule has 92 valence electrons. The van der Waals surface area contributed by atoms with Crippen LogP contribution in [0.5, 0.6) is 0 Å². The molecule has 4 nitrogen and oxygen atoms in total. The van der Waals surface area contributed by atoms with E-state index < -0.39 is 0 Å². The highest BCUT2D eigenvalue weighted by Gasteiger charge is 2.20. The van der Waals surface area contributed by atoms with Gasteiger partial charge in [-0.05, 0) is 18.8 Å². The molecule has 0 aliphatic carbocycles. The van der Waals surface area contributed by atoms with Crippen molar-refractivity contribution < 1.29 is 4.79 Å². The van der Waals surface area contributed by atoms with Gasteiger partial charge < -0.3 is 16.0 Å². The van der Waals surface area contributed by atoms with Crippen LogP contribution in [-0.2, 0) is 0 Å². The molecule has 1 saturated heterocycles. The number of nitrogens with zero attached hydrogens (tertiary/aromatic N) is 1. The van der Waals surface area contributed by atoms with Crippen LogP contribution >= 0.6 is 12.2 Å². The Bertz CT molecular complexity index is 270. The molecular weight excluding hydrogens is 222 g/mol. The third-order valence-corrected chi connectivity index (χ3v) is 3.39. The Balaban J connectivity index is 2.31. The summed E-state index contributed by atoms with van der Waals surface area (Å²) in [6.07, 6.45) is 2.31. The molecule has 0 aromatic rings. The van der Waals surface area contributed by atoms with Crippen LogP contribution in [0.15, 0.2) is 0 Å². The Morgan fingerprint density at radius 1 is 1.69 bits per heavy atom. The average Bonchev–Trinajstić information content (AvgIpc) is 2.25. The highest BCUT2D eigenvalue weighted by Crippen LogP contribution is 2.15. The third kappa shape index (κ3) is 3.96. The third-order valence-electron chi connectivity index (χ3n) is 2.99. The standard InChI is InChI=1S/C11H21N3OS/c1-8-4-3-5-14(7-8)11(15)13-6-9(2)10(12)16/h8-9H,3-7H2,1-2H3,(H2,12,16)(H,13,15). The summed E-state index contributed by atoms with van der Waals surface area (Å²) in [5, 5.41) is 2.87. The van der Waals surface area contributed by atoms with Gasteiger partial charge in [0.05, 0.1) is 4.99 Å². The van der Waals surface area contributed by atoms with Crippen LogP contribution in [0.25, 0.3) is 0 Å². The van der Waals surface area contributed by atoms with E-state index in [0.29, 0.717) is 17.5 Å². The fourth-order valence-corrected chi connectivity index (χ4v) is 1.91. The molecular formula is C11H21N3OS. The van der Waals surface area contributed by atoms with Crippen LogP contribution in [0, 0.1) is 11.8 Å². The number of carbonyl (C=O) groups is 1. The van der Waals surface area contributed by atoms with Gasteiger partial charge in [-0.1, -0.05) is 26.1 Å². The van der Waals surface area contributed by atoms with Gasteiger partial charge in [0.15, 0.2) is 0 Å². The summed E-state index contributed by atoms with van der Waals surface area (Å²) in [5.41, 5.74) is 5.49. The summed E-state index contributed by atoms with van der Waals surface area (Å²) >= 11 is 4.86. The number of urea groups is 1. The largest absolute Gasteiger partial charge is 0.393 e. The predicted octanol–water partition coefficient (Wildman–Crippen LogP) is 1.35. The monoisotopic (exact) mass is 243 g/mol. The Hall–Kier alpha value is -0.840. The lowest BCUT2D eigenvalue weighted by Crippen LogP contribution is -2.46. The second-order valence-corrected chi connectivity index (χ2v) is 5.15. The SMILES string of the molecule is CC1CCCN(C(=O)NCC(C)C(N)=S)C1. The Kier molecular flexibility index (Phi) is 4.99. The molecule has 1 aliphatic rings. The molecule has 2 unspecified atom stereocenters. The lowest BCUT2D eigenvalue weighted by molar-refractivity contribution is 0.169. The summed E-state index contributed by atoms with van der Waals surface area (Å²) in [6.45, 7) is 6.34. The zero-order chi connectivity index (χ0) is 12.1. The lowest BCUT2D eigenvalue weighted by atomic mass is 10.0. The summed E-state index contributed by atoms with van der Waals surface area (Å²) < 4.78 is 0. The lowest BCUT2D eigenvalue weighted by Gasteiger charge is -2.31. The molecule has 2 amide bonds. The number of nitrogens with one attached hydrogen (secondary N) is 1. The molecule has 5 heteroatoms. The molecule has 16 heavy (non-hydrogen) atoms. The summed E-state index contributed by atoms with van der Waals surface area (Å²) in [4.78, 5) is 14.1. The molecule has 1 heterocycles. The van der Waals surface area contributed by atoms with Crippen LogP contribution in [0.2, 0.25) is 0 Å². The van der Waals surface area contributed by atoms with E-state index in [-0.39, 0.29) is 11.9 Å². The van der Waals surface area contributed by atoms with Crippen LogP contribution in [-0.4, -0.2) is 35.6 Å². The molecule has 1 fully saturated rings. The number of likely N-dealkylation sites (tertiary alicyclic amines) is 1. The molecule has 0 aromatic heterocycles. The van der Waals surface area contributed by atoms with E-state index >= 15 is 0 Å². The van der Waals surface area contributed by atoms with E-state index in [0.717, 1.165) is 19.5 Å². The molecule has 3 N–H and O–H groups in total. The second kappa shape index (κ2) is 6.03. The van der Waals surface area contributed by atoms with Crippen LogP contribution in [0.3, 0.4) is 0 Å². The van der Waals surface area contributed by atoms with Crippen molar-refractivity contribution in [3.05, 3.63) is 0 Å². The van der Waals surface area contributed by atoms with Crippen molar-refractivity contribution >= 4 is 23.2 Å². The minimum absolute atomic E-state index is 0.00894. The summed E-state index contributed by atoms with van der Waals surface area (Å²) in [7, 11) is 0. The smallest absolute Gasteiger partial charge is 0.317 e. The topological polar surface area (TPSA) is 58.4 Å². The van der Waals surface area contributed by atoms with E-state index in [2.05, 4.69) is 12.2 Å². The number of rotatable bonds is 3. The van der Waals surface area contributed by atoms with E-state index in [4.69, 9.17) is 18.0 Å². The predicted molar refractivity (Wildman–Crippen MR) is 69.3 cm³/mol. The van der Waals surface area contributed by atoms with Gasteiger partial charge in [0.1, 0.15) is 0 Å². The minimum Gasteiger partial charge on any atom is -0.393 e. The Morgan fingerprint density at radius 2 is 2.38 bits per heavy atom. The zero-order valence-corrected chi connectivity index (χ0v) is 10.8. The molecule has 2 atom stereocenters. The second-order valence-electron chi connectivity index (χ2n) is 4.68. The Labute approximate surface area is 103 Å². The fourth-order valence-electron chi connectivity index (χ4n) is 1.83. The first-order valence-electron chi connectivity index (χ1n) is 5.82. The first-order chi connectivity index (χ1) is 7.50. The highest BCUT2D eigenvalue weighted by molar-refractivity contribution is 7.80. The first-order valence-corrected chi connectivity index (χ1v) is 6.23. The summed E-state index contributed by atoms with van der Waals surface area (Å²) in [5.74, 6) is 0.661. The fraction of sp³-hybridized carbons (Fsp3) is 0.818. The quantitative estimate of drug-likeness (QED) is 0.736. The molecule has 0 bridgehead atoms. The number of piperidine rings is 1. The first kappa shape index (κ1) is 13.2. The van der Waals surface area contributed by atoms with Gasteiger partial charge in [0.2, 0.25) is 0 Å². The van der Waals surface area contributed by atoms with Gasteiger partial charge in [0.25, 0.3) is 0 Å². The van der Waals surface area contributed by atoms with Crippen molar-refractivity contribution in [1.29, 1.82) is 0 Å². The van der Waals surface area contributed by atoms with Gasteiger partial charge in [-0.2, -0.15) is 0 Å². The Morgan fingerprint density at radius 3 is 2.94 bits per heavy atom. The van der Waals surface area contributed by atoms with Crippen molar-refractivity contribution in [2.24, 2.45) is 17.6 Å². The van der Waals surface area contributed by atoms with Crippen molar-refractivity contribution in [1.82, 2.24) is 10.2 Å². The number of carbonyl (C=O) groups excluding carboxylic acids is 1. The minimum atomic E-state index is 0.00894. The maximum absolute atomic E-state index is 11.8. The van der Waals surface area contributed by atoms with Gasteiger partial charge in [0, 0.05) is 25.6 Å². The number of hydrogen-bond donors (Lipinski definition) is 2. The summed E-state index contributed by atoms with van der Waals surface area (Å²) in [6, 6.07) is 0.00894. The number of hydrogen-bond acceptors (Lipinski definition) is 2. The van der Waals surface area contributed by atoms with Crippen molar-refractivity contribution in [3.63, 3.8) is 0 Å². The zero-order valence-electron chi connectivity index (χ0n) is 10.0. The van der Waals surface area contributed by atoms with E-state index in [1.54, 1.807) is 0 Å². The number of nitrogens with two attached hydrogens (primary N) is 1. The maximum atomic E-state index is 11.8. The highest BCUT2D eigenvalue weighted by atomic mass is 32.1. The number of amides is 2. The van der Waals surface area contributed by atoms with Crippen LogP contribution in [0.1, 0.15) is 26.7 Å². The van der Waals surface area contributed by atoms with Gasteiger partial charge >= 0.3 is 6.03 Å². The molecule has 0 spiro atoms. The van der Waals surface area contributed by atoms with Gasteiger partial charge in [-0.3, -0.25) is 0 Å². The van der Waals surface area contributed by atoms with Crippen LogP contribution in [0.4, 0.5) is 4.79 Å². The van der Waals surface area contributed by atoms with E-state index in [1.807, 2.05) is 11.8 Å². The van der Waals surface area contributed by atoms with Gasteiger partial charge in [-0.25, -0.2) is 4.79 Å². The number of thiocarbonyl (C=S) groups is 1. The van der Waals surface area contributed by atoms with Crippen molar-refractivity contribution in [2.45, 2.75) is 26.7 Å². The van der Waals surface area contributed by atoms with Crippen LogP contribution < -0.4 is 11.1 Å². The van der Waals surface area contributed by atoms with Crippen molar-refractivity contribution in [3.8, 4) is 0 Å². The van der Waals surface area contributed by atoms with Crippen molar-refractivity contribution in [2.75, 3.05) is 19.6 Å². The molecule has 0 saturated carbocycles. The maximum Gasteiger partial charge on any atom is 0.317 e. The molecule has 1 aliphatic heterocycles. The van der Waals surface area contributed by atoms with Gasteiger partial charge in [-0.15, -0.1) is 0 Å². The van der Waals surface area contributed by atoms with E-state index in [9.17, 15) is 4.79 Å². The average molecular weight is 243 g/mol. The van der Waals surface area contributed by atoms with E-state index in [1.165, 1.54) is 6.42 Å². The molecule has 1 rings (SSSR count). The normalized spacial score (nSPS) is 22.6. The molecule has 0 aromatic carbocycles.